The summed E-state index contributed by atoms with van der Waals surface area (Å²) in [5.74, 6) is 1.02. The lowest BCUT2D eigenvalue weighted by atomic mass is 9.95. The van der Waals surface area contributed by atoms with Crippen molar-refractivity contribution >= 4 is 0 Å². The Labute approximate surface area is 109 Å². The van der Waals surface area contributed by atoms with Crippen LogP contribution in [0, 0.1) is 5.92 Å². The summed E-state index contributed by atoms with van der Waals surface area (Å²) in [7, 11) is 0. The van der Waals surface area contributed by atoms with Crippen LogP contribution >= 0.6 is 0 Å². The maximum atomic E-state index is 3.72. The quantitative estimate of drug-likeness (QED) is 0.855. The third kappa shape index (κ3) is 1.88. The lowest BCUT2D eigenvalue weighted by Crippen LogP contribution is -2.46. The Morgan fingerprint density at radius 3 is 2.83 bits per heavy atom. The third-order valence-electron chi connectivity index (χ3n) is 5.14. The van der Waals surface area contributed by atoms with Crippen LogP contribution in [0.1, 0.15) is 30.4 Å². The zero-order valence-electron chi connectivity index (χ0n) is 10.9. The minimum atomic E-state index is 0.666. The predicted molar refractivity (Wildman–Crippen MR) is 73.5 cm³/mol. The van der Waals surface area contributed by atoms with Gasteiger partial charge in [-0.2, -0.15) is 0 Å². The average molecular weight is 242 g/mol. The molecule has 1 aromatic carbocycles. The van der Waals surface area contributed by atoms with Gasteiger partial charge in [-0.15, -0.1) is 0 Å². The topological polar surface area (TPSA) is 15.3 Å². The van der Waals surface area contributed by atoms with E-state index < -0.39 is 0 Å². The first-order valence-corrected chi connectivity index (χ1v) is 7.43. The van der Waals surface area contributed by atoms with Gasteiger partial charge in [0.1, 0.15) is 0 Å². The largest absolute Gasteiger partial charge is 0.308 e. The van der Waals surface area contributed by atoms with E-state index in [0.29, 0.717) is 6.04 Å². The average Bonchev–Trinajstić information content (AvgIpc) is 3.01. The molecule has 2 heterocycles. The van der Waals surface area contributed by atoms with E-state index in [4.69, 9.17) is 0 Å². The summed E-state index contributed by atoms with van der Waals surface area (Å²) < 4.78 is 0. The van der Waals surface area contributed by atoms with Crippen molar-refractivity contribution in [3.63, 3.8) is 0 Å². The fourth-order valence-electron chi connectivity index (χ4n) is 4.18. The highest BCUT2D eigenvalue weighted by Crippen LogP contribution is 2.37. The Morgan fingerprint density at radius 1 is 1.17 bits per heavy atom. The molecular weight excluding hydrogens is 220 g/mol. The SMILES string of the molecule is c1ccc2c(c1)CN[C@@H](CN1CC3CCC1C3)C2. The van der Waals surface area contributed by atoms with Crippen molar-refractivity contribution in [1.29, 1.82) is 0 Å². The van der Waals surface area contributed by atoms with Gasteiger partial charge in [-0.25, -0.2) is 0 Å². The third-order valence-corrected chi connectivity index (χ3v) is 5.14. The van der Waals surface area contributed by atoms with Gasteiger partial charge in [0.15, 0.2) is 0 Å². The molecule has 3 aliphatic rings. The fourth-order valence-corrected chi connectivity index (χ4v) is 4.18. The van der Waals surface area contributed by atoms with Crippen LogP contribution in [0.4, 0.5) is 0 Å². The normalized spacial score (nSPS) is 34.8. The smallest absolute Gasteiger partial charge is 0.0238 e. The van der Waals surface area contributed by atoms with E-state index in [1.807, 2.05) is 0 Å². The van der Waals surface area contributed by atoms with E-state index in [0.717, 1.165) is 18.5 Å². The Kier molecular flexibility index (Phi) is 2.66. The van der Waals surface area contributed by atoms with Crippen LogP contribution < -0.4 is 5.32 Å². The molecule has 0 amide bonds. The Balaban J connectivity index is 1.42. The molecule has 4 rings (SSSR count). The zero-order chi connectivity index (χ0) is 11.9. The van der Waals surface area contributed by atoms with Gasteiger partial charge in [-0.05, 0) is 42.7 Å². The monoisotopic (exact) mass is 242 g/mol. The summed E-state index contributed by atoms with van der Waals surface area (Å²) in [6.07, 6.45) is 5.63. The van der Waals surface area contributed by atoms with Gasteiger partial charge in [0, 0.05) is 31.7 Å². The van der Waals surface area contributed by atoms with Crippen LogP contribution in [-0.4, -0.2) is 30.1 Å². The maximum absolute atomic E-state index is 3.72. The van der Waals surface area contributed by atoms with Crippen molar-refractivity contribution in [2.24, 2.45) is 5.92 Å². The first-order chi connectivity index (χ1) is 8.88. The summed E-state index contributed by atoms with van der Waals surface area (Å²) in [6, 6.07) is 10.5. The number of hydrogen-bond acceptors (Lipinski definition) is 2. The lowest BCUT2D eigenvalue weighted by Gasteiger charge is -2.33. The second kappa shape index (κ2) is 4.36. The molecule has 18 heavy (non-hydrogen) atoms. The van der Waals surface area contributed by atoms with Crippen LogP contribution in [0.2, 0.25) is 0 Å². The second-order valence-electron chi connectivity index (χ2n) is 6.34. The van der Waals surface area contributed by atoms with E-state index in [9.17, 15) is 0 Å². The van der Waals surface area contributed by atoms with Crippen molar-refractivity contribution in [1.82, 2.24) is 10.2 Å². The summed E-state index contributed by atoms with van der Waals surface area (Å²) in [5.41, 5.74) is 3.06. The summed E-state index contributed by atoms with van der Waals surface area (Å²) >= 11 is 0. The number of rotatable bonds is 2. The molecule has 3 atom stereocenters. The molecule has 1 aromatic rings. The molecule has 2 heteroatoms. The number of likely N-dealkylation sites (tertiary alicyclic amines) is 1. The van der Waals surface area contributed by atoms with E-state index in [1.165, 1.54) is 44.3 Å². The van der Waals surface area contributed by atoms with Gasteiger partial charge >= 0.3 is 0 Å². The highest BCUT2D eigenvalue weighted by molar-refractivity contribution is 5.30. The van der Waals surface area contributed by atoms with Gasteiger partial charge in [-0.3, -0.25) is 4.90 Å². The molecule has 0 aromatic heterocycles. The summed E-state index contributed by atoms with van der Waals surface area (Å²) in [6.45, 7) is 3.68. The first-order valence-electron chi connectivity index (χ1n) is 7.43. The van der Waals surface area contributed by atoms with Crippen molar-refractivity contribution in [3.05, 3.63) is 35.4 Å². The van der Waals surface area contributed by atoms with Crippen LogP contribution in [0.3, 0.4) is 0 Å². The highest BCUT2D eigenvalue weighted by Gasteiger charge is 2.38. The maximum Gasteiger partial charge on any atom is 0.0238 e. The molecule has 2 bridgehead atoms. The number of benzene rings is 1. The number of fused-ring (bicyclic) bond motifs is 3. The van der Waals surface area contributed by atoms with E-state index in [2.05, 4.69) is 34.5 Å². The molecule has 1 saturated carbocycles. The number of nitrogens with one attached hydrogen (secondary N) is 1. The second-order valence-corrected chi connectivity index (χ2v) is 6.34. The molecule has 1 N–H and O–H groups in total. The van der Waals surface area contributed by atoms with Crippen LogP contribution in [0.25, 0.3) is 0 Å². The van der Waals surface area contributed by atoms with Gasteiger partial charge < -0.3 is 5.32 Å². The van der Waals surface area contributed by atoms with Crippen LogP contribution in [0.5, 0.6) is 0 Å². The Bertz CT molecular complexity index is 442. The highest BCUT2D eigenvalue weighted by atomic mass is 15.2. The molecular formula is C16H22N2. The van der Waals surface area contributed by atoms with Gasteiger partial charge in [0.2, 0.25) is 0 Å². The van der Waals surface area contributed by atoms with Crippen molar-refractivity contribution in [3.8, 4) is 0 Å². The molecule has 2 nitrogen and oxygen atoms in total. The first kappa shape index (κ1) is 11.0. The molecule has 1 aliphatic carbocycles. The van der Waals surface area contributed by atoms with Crippen molar-refractivity contribution in [2.45, 2.75) is 44.3 Å². The Hall–Kier alpha value is -0.860. The van der Waals surface area contributed by atoms with E-state index >= 15 is 0 Å². The zero-order valence-corrected chi connectivity index (χ0v) is 10.9. The number of nitrogens with zero attached hydrogens (tertiary/aromatic N) is 1. The Morgan fingerprint density at radius 2 is 2.06 bits per heavy atom. The molecule has 2 aliphatic heterocycles. The summed E-state index contributed by atoms with van der Waals surface area (Å²) in [5, 5.41) is 3.72. The van der Waals surface area contributed by atoms with Gasteiger partial charge in [0.25, 0.3) is 0 Å². The minimum Gasteiger partial charge on any atom is -0.308 e. The molecule has 2 unspecified atom stereocenters. The molecule has 2 fully saturated rings. The molecule has 96 valence electrons. The summed E-state index contributed by atoms with van der Waals surface area (Å²) in [4.78, 5) is 2.75. The number of piperidine rings is 1. The van der Waals surface area contributed by atoms with Crippen molar-refractivity contribution < 1.29 is 0 Å². The molecule has 1 saturated heterocycles. The standard InChI is InChI=1S/C16H22N2/c1-2-4-14-9-17-15(8-13(14)3-1)11-18-10-12-5-6-16(18)7-12/h1-4,12,15-17H,5-11H2/t12?,15-,16?/m1/s1. The number of hydrogen-bond donors (Lipinski definition) is 1. The fraction of sp³-hybridized carbons (Fsp3) is 0.625. The van der Waals surface area contributed by atoms with E-state index in [1.54, 1.807) is 5.56 Å². The van der Waals surface area contributed by atoms with Crippen LogP contribution in [-0.2, 0) is 13.0 Å². The molecule has 0 spiro atoms. The minimum absolute atomic E-state index is 0.666. The predicted octanol–water partition coefficient (Wildman–Crippen LogP) is 2.19. The van der Waals surface area contributed by atoms with Crippen molar-refractivity contribution in [2.75, 3.05) is 13.1 Å². The van der Waals surface area contributed by atoms with Gasteiger partial charge in [-0.1, -0.05) is 24.3 Å². The lowest BCUT2D eigenvalue weighted by molar-refractivity contribution is 0.187. The van der Waals surface area contributed by atoms with Gasteiger partial charge in [0.05, 0.1) is 0 Å². The molecule has 0 radical (unpaired) electrons. The van der Waals surface area contributed by atoms with E-state index in [-0.39, 0.29) is 0 Å². The van der Waals surface area contributed by atoms with Crippen LogP contribution in [0.15, 0.2) is 24.3 Å².